The number of rotatable bonds is 9. The number of thioether (sulfide) groups is 1. The number of carbonyl (C=O) groups excluding carboxylic acids is 3. The Bertz CT molecular complexity index is 1130. The molecule has 4 unspecified atom stereocenters. The first kappa shape index (κ1) is 24.8. The van der Waals surface area contributed by atoms with E-state index in [0.717, 1.165) is 0 Å². The van der Waals surface area contributed by atoms with Crippen molar-refractivity contribution in [1.29, 1.82) is 0 Å². The van der Waals surface area contributed by atoms with Gasteiger partial charge in [-0.05, 0) is 36.8 Å². The first-order valence-electron chi connectivity index (χ1n) is 10.7. The molecule has 35 heavy (non-hydrogen) atoms. The molecular formula is C23H22ClN3O7S. The van der Waals surface area contributed by atoms with Crippen LogP contribution >= 0.6 is 23.4 Å². The largest absolute Gasteiger partial charge is 0.484 e. The molecule has 0 bridgehead atoms. The topological polar surface area (TPSA) is 128 Å². The van der Waals surface area contributed by atoms with Gasteiger partial charge in [-0.3, -0.25) is 19.7 Å². The molecule has 12 heteroatoms. The zero-order valence-corrected chi connectivity index (χ0v) is 20.2. The summed E-state index contributed by atoms with van der Waals surface area (Å²) < 4.78 is 10.0. The Kier molecular flexibility index (Phi) is 7.18. The molecule has 4 atom stereocenters. The van der Waals surface area contributed by atoms with Gasteiger partial charge in [-0.15, -0.1) is 23.4 Å². The third-order valence-electron chi connectivity index (χ3n) is 5.77. The van der Waals surface area contributed by atoms with Crippen LogP contribution in [0.3, 0.4) is 0 Å². The number of ether oxygens (including phenoxy) is 2. The molecule has 2 aliphatic rings. The fourth-order valence-corrected chi connectivity index (χ4v) is 5.90. The summed E-state index contributed by atoms with van der Waals surface area (Å²) in [6.45, 7) is 1.41. The zero-order chi connectivity index (χ0) is 25.2. The Balaban J connectivity index is 1.36. The van der Waals surface area contributed by atoms with Crippen LogP contribution in [0, 0.1) is 10.1 Å². The normalized spacial score (nSPS) is 24.8. The molecule has 10 nitrogen and oxygen atoms in total. The Hall–Kier alpha value is -3.31. The van der Waals surface area contributed by atoms with Gasteiger partial charge in [0.2, 0.25) is 5.91 Å². The maximum atomic E-state index is 13.0. The number of halogens is 1. The van der Waals surface area contributed by atoms with Gasteiger partial charge in [0.05, 0.1) is 9.67 Å². The van der Waals surface area contributed by atoms with Crippen molar-refractivity contribution in [2.24, 2.45) is 0 Å². The summed E-state index contributed by atoms with van der Waals surface area (Å²) in [5.74, 6) is -0.879. The predicted octanol–water partition coefficient (Wildman–Crippen LogP) is 2.48. The van der Waals surface area contributed by atoms with Gasteiger partial charge in [0.15, 0.2) is 6.61 Å². The van der Waals surface area contributed by atoms with Crippen LogP contribution in [0.25, 0.3) is 0 Å². The van der Waals surface area contributed by atoms with E-state index in [1.165, 1.54) is 40.9 Å². The van der Waals surface area contributed by atoms with Gasteiger partial charge in [0.1, 0.15) is 29.8 Å². The second-order valence-corrected chi connectivity index (χ2v) is 10.2. The number of hydrogen-bond donors (Lipinski definition) is 1. The number of carbonyl (C=O) groups is 3. The van der Waals surface area contributed by atoms with E-state index in [4.69, 9.17) is 21.1 Å². The summed E-state index contributed by atoms with van der Waals surface area (Å²) in [6.07, 6.45) is 0. The summed E-state index contributed by atoms with van der Waals surface area (Å²) >= 11 is 7.53. The summed E-state index contributed by atoms with van der Waals surface area (Å²) in [6, 6.07) is 12.7. The van der Waals surface area contributed by atoms with Gasteiger partial charge >= 0.3 is 5.97 Å². The van der Waals surface area contributed by atoms with Crippen LogP contribution in [0.4, 0.5) is 5.69 Å². The Morgan fingerprint density at radius 1 is 1.20 bits per heavy atom. The van der Waals surface area contributed by atoms with Crippen LogP contribution in [0.15, 0.2) is 54.6 Å². The molecule has 0 spiro atoms. The molecule has 2 heterocycles. The second kappa shape index (κ2) is 10.1. The average molecular weight is 520 g/mol. The number of benzene rings is 2. The molecule has 2 fully saturated rings. The van der Waals surface area contributed by atoms with Crippen LogP contribution in [0.5, 0.6) is 5.75 Å². The molecule has 2 amide bonds. The summed E-state index contributed by atoms with van der Waals surface area (Å²) in [5, 5.41) is 13.0. The van der Waals surface area contributed by atoms with Crippen molar-refractivity contribution in [2.75, 3.05) is 12.5 Å². The third-order valence-corrected chi connectivity index (χ3v) is 8.13. The molecule has 0 saturated carbocycles. The van der Waals surface area contributed by atoms with E-state index in [9.17, 15) is 24.5 Å². The van der Waals surface area contributed by atoms with Crippen LogP contribution in [0.1, 0.15) is 12.5 Å². The number of β-lactam (4-membered cyclic amide) rings is 1. The van der Waals surface area contributed by atoms with Crippen LogP contribution in [0.2, 0.25) is 0 Å². The molecule has 184 valence electrons. The lowest BCUT2D eigenvalue weighted by Crippen LogP contribution is -2.71. The van der Waals surface area contributed by atoms with E-state index in [2.05, 4.69) is 5.32 Å². The quantitative estimate of drug-likeness (QED) is 0.176. The number of nitrogens with zero attached hydrogens (tertiary/aromatic N) is 2. The first-order valence-corrected chi connectivity index (χ1v) is 12.1. The lowest BCUT2D eigenvalue weighted by Gasteiger charge is -2.43. The number of para-hydroxylation sites is 1. The number of nitro benzene ring substituents is 1. The van der Waals surface area contributed by atoms with Crippen molar-refractivity contribution < 1.29 is 28.8 Å². The maximum Gasteiger partial charge on any atom is 0.330 e. The molecule has 2 saturated heterocycles. The van der Waals surface area contributed by atoms with Gasteiger partial charge in [-0.2, -0.15) is 0 Å². The molecule has 2 aliphatic heterocycles. The molecule has 0 aliphatic carbocycles. The molecule has 2 aromatic rings. The second-order valence-electron chi connectivity index (χ2n) is 8.28. The van der Waals surface area contributed by atoms with E-state index in [0.29, 0.717) is 11.3 Å². The number of non-ortho nitro benzene ring substituents is 1. The minimum Gasteiger partial charge on any atom is -0.484 e. The van der Waals surface area contributed by atoms with Crippen LogP contribution < -0.4 is 10.1 Å². The summed E-state index contributed by atoms with van der Waals surface area (Å²) in [7, 11) is 0. The molecule has 2 aromatic carbocycles. The van der Waals surface area contributed by atoms with Gasteiger partial charge in [-0.1, -0.05) is 18.2 Å². The standard InChI is InChI=1S/C23H22ClN3O7S/c1-23(13-24)19(22(30)34-11-14-7-9-15(10-8-14)27(31)32)26-20(29)18(21(26)35-23)25-17(28)12-33-16-5-3-2-4-6-16/h2-10,18-19,21H,11-13H2,1H3,(H,25,28). The highest BCUT2D eigenvalue weighted by Crippen LogP contribution is 2.51. The number of nitrogens with one attached hydrogen (secondary N) is 1. The third kappa shape index (κ3) is 5.06. The van der Waals surface area contributed by atoms with E-state index in [1.807, 2.05) is 6.07 Å². The molecule has 0 radical (unpaired) electrons. The van der Waals surface area contributed by atoms with E-state index >= 15 is 0 Å². The lowest BCUT2D eigenvalue weighted by molar-refractivity contribution is -0.384. The maximum absolute atomic E-state index is 13.0. The molecule has 0 aromatic heterocycles. The Morgan fingerprint density at radius 3 is 2.51 bits per heavy atom. The molecule has 1 N–H and O–H groups in total. The fraction of sp³-hybridized carbons (Fsp3) is 0.348. The van der Waals surface area contributed by atoms with Crippen molar-refractivity contribution >= 4 is 46.8 Å². The smallest absolute Gasteiger partial charge is 0.330 e. The average Bonchev–Trinajstić information content (AvgIpc) is 3.15. The van der Waals surface area contributed by atoms with Crippen molar-refractivity contribution in [3.05, 3.63) is 70.3 Å². The Morgan fingerprint density at radius 2 is 1.89 bits per heavy atom. The first-order chi connectivity index (χ1) is 16.7. The highest BCUT2D eigenvalue weighted by atomic mass is 35.5. The number of amides is 2. The van der Waals surface area contributed by atoms with Crippen molar-refractivity contribution in [1.82, 2.24) is 10.2 Å². The van der Waals surface area contributed by atoms with E-state index in [-0.39, 0.29) is 24.8 Å². The minimum atomic E-state index is -0.936. The van der Waals surface area contributed by atoms with Crippen LogP contribution in [-0.2, 0) is 25.7 Å². The summed E-state index contributed by atoms with van der Waals surface area (Å²) in [5.41, 5.74) is 0.496. The minimum absolute atomic E-state index is 0.0711. The monoisotopic (exact) mass is 519 g/mol. The number of nitro groups is 1. The lowest BCUT2D eigenvalue weighted by atomic mass is 9.95. The molecule has 4 rings (SSSR count). The van der Waals surface area contributed by atoms with Crippen molar-refractivity contribution in [3.8, 4) is 5.75 Å². The van der Waals surface area contributed by atoms with Gasteiger partial charge < -0.3 is 19.7 Å². The Labute approximate surface area is 210 Å². The predicted molar refractivity (Wildman–Crippen MR) is 128 cm³/mol. The van der Waals surface area contributed by atoms with Crippen molar-refractivity contribution in [2.45, 2.75) is 35.7 Å². The highest BCUT2D eigenvalue weighted by Gasteiger charge is 2.65. The van der Waals surface area contributed by atoms with E-state index in [1.54, 1.807) is 31.2 Å². The fourth-order valence-electron chi connectivity index (χ4n) is 3.95. The van der Waals surface area contributed by atoms with E-state index < -0.39 is 44.9 Å². The van der Waals surface area contributed by atoms with Gasteiger partial charge in [-0.25, -0.2) is 4.79 Å². The SMILES string of the molecule is CC1(CCl)SC2C(NC(=O)COc3ccccc3)C(=O)N2C1C(=O)OCc1ccc([N+](=O)[O-])cc1. The van der Waals surface area contributed by atoms with Gasteiger partial charge in [0.25, 0.3) is 11.6 Å². The number of alkyl halides is 1. The number of esters is 1. The summed E-state index contributed by atoms with van der Waals surface area (Å²) in [4.78, 5) is 49.9. The van der Waals surface area contributed by atoms with Crippen LogP contribution in [-0.4, -0.2) is 62.3 Å². The zero-order valence-electron chi connectivity index (χ0n) is 18.6. The highest BCUT2D eigenvalue weighted by molar-refractivity contribution is 8.01. The molecular weight excluding hydrogens is 498 g/mol. The number of hydrogen-bond acceptors (Lipinski definition) is 8. The van der Waals surface area contributed by atoms with Crippen molar-refractivity contribution in [3.63, 3.8) is 0 Å². The van der Waals surface area contributed by atoms with Gasteiger partial charge in [0, 0.05) is 18.0 Å². The number of fused-ring (bicyclic) bond motifs is 1.